The van der Waals surface area contributed by atoms with Gasteiger partial charge in [0, 0.05) is 15.6 Å². The van der Waals surface area contributed by atoms with Gasteiger partial charge in [-0.15, -0.1) is 11.6 Å². The largest absolute Gasteiger partial charge is 0.456 e. The van der Waals surface area contributed by atoms with Gasteiger partial charge in [0.05, 0.1) is 10.4 Å². The van der Waals surface area contributed by atoms with Crippen molar-refractivity contribution >= 4 is 50.7 Å². The zero-order chi connectivity index (χ0) is 13.1. The number of benzene rings is 2. The van der Waals surface area contributed by atoms with Crippen molar-refractivity contribution in [3.05, 3.63) is 56.5 Å². The van der Waals surface area contributed by atoms with E-state index in [4.69, 9.17) is 39.5 Å². The van der Waals surface area contributed by atoms with Crippen molar-refractivity contribution in [3.8, 4) is 11.5 Å². The Morgan fingerprint density at radius 3 is 2.17 bits per heavy atom. The molecule has 0 aliphatic heterocycles. The molecule has 5 heteroatoms. The van der Waals surface area contributed by atoms with Crippen LogP contribution in [0.25, 0.3) is 0 Å². The molecule has 0 radical (unpaired) electrons. The van der Waals surface area contributed by atoms with Crippen LogP contribution in [0.5, 0.6) is 11.5 Å². The van der Waals surface area contributed by atoms with Gasteiger partial charge in [-0.3, -0.25) is 0 Å². The number of hydrogen-bond acceptors (Lipinski definition) is 1. The third kappa shape index (κ3) is 3.33. The molecule has 0 atom stereocenters. The second-order valence-corrected chi connectivity index (χ2v) is 5.56. The van der Waals surface area contributed by atoms with Crippen molar-refractivity contribution in [2.45, 2.75) is 5.88 Å². The Labute approximate surface area is 129 Å². The fourth-order valence-corrected chi connectivity index (χ4v) is 2.60. The van der Waals surface area contributed by atoms with Crippen LogP contribution in [0.15, 0.2) is 40.9 Å². The summed E-state index contributed by atoms with van der Waals surface area (Å²) in [6.07, 6.45) is 0. The van der Waals surface area contributed by atoms with E-state index in [0.29, 0.717) is 27.4 Å². The van der Waals surface area contributed by atoms with E-state index in [1.54, 1.807) is 36.4 Å². The fourth-order valence-electron chi connectivity index (χ4n) is 1.43. The normalized spacial score (nSPS) is 10.4. The summed E-state index contributed by atoms with van der Waals surface area (Å²) in [6, 6.07) is 10.7. The molecule has 0 N–H and O–H groups in total. The van der Waals surface area contributed by atoms with Gasteiger partial charge in [0.25, 0.3) is 0 Å². The Morgan fingerprint density at radius 1 is 0.944 bits per heavy atom. The van der Waals surface area contributed by atoms with Crippen molar-refractivity contribution in [1.29, 1.82) is 0 Å². The summed E-state index contributed by atoms with van der Waals surface area (Å²) in [5.41, 5.74) is 0.839. The highest BCUT2D eigenvalue weighted by Gasteiger charge is 2.08. The van der Waals surface area contributed by atoms with Crippen LogP contribution < -0.4 is 4.74 Å². The number of ether oxygens (including phenoxy) is 1. The highest BCUT2D eigenvalue weighted by molar-refractivity contribution is 9.10. The van der Waals surface area contributed by atoms with Gasteiger partial charge < -0.3 is 4.74 Å². The van der Waals surface area contributed by atoms with E-state index in [-0.39, 0.29) is 0 Å². The average Bonchev–Trinajstić information content (AvgIpc) is 2.34. The Kier molecular flexibility index (Phi) is 4.79. The maximum atomic E-state index is 5.91. The molecule has 0 saturated carbocycles. The predicted molar refractivity (Wildman–Crippen MR) is 80.2 cm³/mol. The summed E-state index contributed by atoms with van der Waals surface area (Å²) < 4.78 is 6.58. The van der Waals surface area contributed by atoms with Crippen LogP contribution in [0.2, 0.25) is 10.0 Å². The van der Waals surface area contributed by atoms with Crippen LogP contribution in [0.3, 0.4) is 0 Å². The first-order chi connectivity index (χ1) is 8.60. The van der Waals surface area contributed by atoms with Gasteiger partial charge >= 0.3 is 0 Å². The molecule has 0 heterocycles. The van der Waals surface area contributed by atoms with E-state index in [1.807, 2.05) is 0 Å². The molecule has 0 amide bonds. The van der Waals surface area contributed by atoms with Crippen molar-refractivity contribution in [2.24, 2.45) is 0 Å². The summed E-state index contributed by atoms with van der Waals surface area (Å²) in [5.74, 6) is 1.69. The number of alkyl halides is 1. The van der Waals surface area contributed by atoms with Gasteiger partial charge in [-0.25, -0.2) is 0 Å². The lowest BCUT2D eigenvalue weighted by molar-refractivity contribution is 0.475. The molecule has 0 saturated heterocycles. The van der Waals surface area contributed by atoms with E-state index in [9.17, 15) is 0 Å². The molecule has 0 fully saturated rings. The minimum atomic E-state index is 0.334. The van der Waals surface area contributed by atoms with Crippen molar-refractivity contribution < 1.29 is 4.74 Å². The molecule has 2 rings (SSSR count). The Bertz CT molecular complexity index is 572. The van der Waals surface area contributed by atoms with E-state index < -0.39 is 0 Å². The summed E-state index contributed by atoms with van der Waals surface area (Å²) >= 11 is 21.0. The van der Waals surface area contributed by atoms with Crippen molar-refractivity contribution in [2.75, 3.05) is 0 Å². The molecular formula is C13H8BrCl3O. The van der Waals surface area contributed by atoms with Crippen LogP contribution in [-0.4, -0.2) is 0 Å². The molecule has 0 bridgehead atoms. The molecule has 2 aromatic rings. The standard InChI is InChI=1S/C13H8BrCl3O/c14-11-6-10(17)2-4-13(11)18-12-3-1-9(16)5-8(12)7-15/h1-6H,7H2. The third-order valence-corrected chi connectivity index (χ3v) is 3.66. The van der Waals surface area contributed by atoms with Crippen LogP contribution in [0, 0.1) is 0 Å². The third-order valence-electron chi connectivity index (χ3n) is 2.28. The lowest BCUT2D eigenvalue weighted by atomic mass is 10.2. The fraction of sp³-hybridized carbons (Fsp3) is 0.0769. The average molecular weight is 366 g/mol. The van der Waals surface area contributed by atoms with Gasteiger partial charge in [0.2, 0.25) is 0 Å². The van der Waals surface area contributed by atoms with Crippen molar-refractivity contribution in [1.82, 2.24) is 0 Å². The quantitative estimate of drug-likeness (QED) is 0.580. The topological polar surface area (TPSA) is 9.23 Å². The lowest BCUT2D eigenvalue weighted by Gasteiger charge is -2.11. The highest BCUT2D eigenvalue weighted by atomic mass is 79.9. The Balaban J connectivity index is 2.33. The summed E-state index contributed by atoms with van der Waals surface area (Å²) in [6.45, 7) is 0. The second-order valence-electron chi connectivity index (χ2n) is 3.56. The Morgan fingerprint density at radius 2 is 1.56 bits per heavy atom. The smallest absolute Gasteiger partial charge is 0.141 e. The van der Waals surface area contributed by atoms with E-state index in [2.05, 4.69) is 15.9 Å². The molecule has 0 aliphatic rings. The zero-order valence-electron chi connectivity index (χ0n) is 9.09. The van der Waals surface area contributed by atoms with Crippen LogP contribution in [-0.2, 0) is 5.88 Å². The highest BCUT2D eigenvalue weighted by Crippen LogP contribution is 2.34. The second kappa shape index (κ2) is 6.16. The minimum absolute atomic E-state index is 0.334. The monoisotopic (exact) mass is 364 g/mol. The van der Waals surface area contributed by atoms with Gasteiger partial charge in [-0.1, -0.05) is 23.2 Å². The molecule has 18 heavy (non-hydrogen) atoms. The predicted octanol–water partition coefficient (Wildman–Crippen LogP) is 6.29. The number of halogens is 4. The van der Waals surface area contributed by atoms with Gasteiger partial charge in [-0.05, 0) is 52.3 Å². The minimum Gasteiger partial charge on any atom is -0.456 e. The first kappa shape index (κ1) is 14.0. The molecule has 2 aromatic carbocycles. The van der Waals surface area contributed by atoms with Crippen LogP contribution >= 0.6 is 50.7 Å². The molecule has 0 unspecified atom stereocenters. The van der Waals surface area contributed by atoms with Gasteiger partial charge in [0.1, 0.15) is 11.5 Å². The maximum Gasteiger partial charge on any atom is 0.141 e. The van der Waals surface area contributed by atoms with Gasteiger partial charge in [0.15, 0.2) is 0 Å². The Hall–Kier alpha value is -0.410. The summed E-state index contributed by atoms with van der Waals surface area (Å²) in [5, 5.41) is 1.27. The zero-order valence-corrected chi connectivity index (χ0v) is 12.9. The molecule has 0 aliphatic carbocycles. The SMILES string of the molecule is ClCc1cc(Cl)ccc1Oc1ccc(Cl)cc1Br. The van der Waals surface area contributed by atoms with Crippen LogP contribution in [0.1, 0.15) is 5.56 Å². The van der Waals surface area contributed by atoms with Gasteiger partial charge in [-0.2, -0.15) is 0 Å². The van der Waals surface area contributed by atoms with E-state index >= 15 is 0 Å². The van der Waals surface area contributed by atoms with Crippen molar-refractivity contribution in [3.63, 3.8) is 0 Å². The number of rotatable bonds is 3. The lowest BCUT2D eigenvalue weighted by Crippen LogP contribution is -1.90. The first-order valence-corrected chi connectivity index (χ1v) is 7.16. The molecular weight excluding hydrogens is 358 g/mol. The molecule has 94 valence electrons. The molecule has 0 spiro atoms. The maximum absolute atomic E-state index is 5.91. The first-order valence-electron chi connectivity index (χ1n) is 5.07. The summed E-state index contributed by atoms with van der Waals surface area (Å²) in [4.78, 5) is 0. The summed E-state index contributed by atoms with van der Waals surface area (Å²) in [7, 11) is 0. The molecule has 0 aromatic heterocycles. The molecule has 1 nitrogen and oxygen atoms in total. The van der Waals surface area contributed by atoms with Crippen LogP contribution in [0.4, 0.5) is 0 Å². The number of hydrogen-bond donors (Lipinski definition) is 0. The van der Waals surface area contributed by atoms with E-state index in [0.717, 1.165) is 10.0 Å². The van der Waals surface area contributed by atoms with E-state index in [1.165, 1.54) is 0 Å².